The Morgan fingerprint density at radius 2 is 1.58 bits per heavy atom. The summed E-state index contributed by atoms with van der Waals surface area (Å²) in [6.07, 6.45) is -5.86. The van der Waals surface area contributed by atoms with E-state index in [1.165, 1.54) is 35.2 Å². The van der Waals surface area contributed by atoms with Gasteiger partial charge in [0, 0.05) is 43.7 Å². The van der Waals surface area contributed by atoms with Gasteiger partial charge in [-0.2, -0.15) is 0 Å². The quantitative estimate of drug-likeness (QED) is 0.126. The van der Waals surface area contributed by atoms with E-state index >= 15 is 0 Å². The van der Waals surface area contributed by atoms with Gasteiger partial charge in [0.15, 0.2) is 17.8 Å². The van der Waals surface area contributed by atoms with E-state index in [4.69, 9.17) is 28.4 Å². The number of urea groups is 1. The molecule has 2 saturated heterocycles. The number of methoxy groups -OCH3 is 3. The molecule has 1 aromatic rings. The molecule has 2 aliphatic rings. The molecule has 2 fully saturated rings. The smallest absolute Gasteiger partial charge is 0.319 e. The maximum Gasteiger partial charge on any atom is 0.319 e. The Balaban J connectivity index is 1.89. The van der Waals surface area contributed by atoms with Crippen molar-refractivity contribution in [1.82, 2.24) is 10.2 Å². The Morgan fingerprint density at radius 1 is 0.965 bits per heavy atom. The van der Waals surface area contributed by atoms with Crippen LogP contribution in [0.1, 0.15) is 88.0 Å². The second kappa shape index (κ2) is 20.8. The van der Waals surface area contributed by atoms with Crippen LogP contribution in [0.2, 0.25) is 0 Å². The molecule has 2 heterocycles. The van der Waals surface area contributed by atoms with E-state index in [1.54, 1.807) is 39.8 Å². The lowest BCUT2D eigenvalue weighted by atomic mass is 9.78. The number of esters is 1. The number of hydrogen-bond donors (Lipinski definition) is 7. The maximum absolute atomic E-state index is 13.6. The first-order valence-corrected chi connectivity index (χ1v) is 20.2. The number of carbonyl (C=O) groups is 2. The van der Waals surface area contributed by atoms with Gasteiger partial charge in [-0.15, -0.1) is 0 Å². The Labute approximate surface area is 338 Å². The summed E-state index contributed by atoms with van der Waals surface area (Å²) in [4.78, 5) is 28.5. The number of nitrogens with zero attached hydrogens (tertiary/aromatic N) is 1. The lowest BCUT2D eigenvalue weighted by molar-refractivity contribution is -0.298. The lowest BCUT2D eigenvalue weighted by Gasteiger charge is -2.45. The van der Waals surface area contributed by atoms with Crippen molar-refractivity contribution in [1.29, 1.82) is 0 Å². The van der Waals surface area contributed by atoms with Gasteiger partial charge >= 0.3 is 12.0 Å². The number of nitrogens with one attached hydrogen (secondary N) is 2. The summed E-state index contributed by atoms with van der Waals surface area (Å²) in [7, 11) is 4.45. The van der Waals surface area contributed by atoms with Crippen molar-refractivity contribution >= 4 is 17.7 Å². The molecule has 57 heavy (non-hydrogen) atoms. The molecule has 1 aromatic carbocycles. The van der Waals surface area contributed by atoms with Crippen molar-refractivity contribution in [3.63, 3.8) is 0 Å². The summed E-state index contributed by atoms with van der Waals surface area (Å²) in [6, 6.07) is 2.07. The lowest BCUT2D eigenvalue weighted by Crippen LogP contribution is -2.59. The van der Waals surface area contributed by atoms with E-state index in [9.17, 15) is 35.1 Å². The first-order chi connectivity index (χ1) is 26.6. The first-order valence-electron chi connectivity index (χ1n) is 20.2. The number of carbonyl (C=O) groups excluding carboxylic acids is 2. The van der Waals surface area contributed by atoms with E-state index in [-0.39, 0.29) is 37.3 Å². The van der Waals surface area contributed by atoms with E-state index in [1.807, 2.05) is 25.7 Å². The van der Waals surface area contributed by atoms with Crippen molar-refractivity contribution in [3.8, 4) is 17.2 Å². The van der Waals surface area contributed by atoms with Gasteiger partial charge in [0.1, 0.15) is 23.9 Å². The molecule has 0 aromatic heterocycles. The van der Waals surface area contributed by atoms with Gasteiger partial charge in [0.05, 0.1) is 56.8 Å². The zero-order valence-corrected chi connectivity index (χ0v) is 36.0. The minimum atomic E-state index is -1.89. The fraction of sp³-hybridized carbons (Fsp3) is 0.805. The molecule has 2 amide bonds. The summed E-state index contributed by atoms with van der Waals surface area (Å²) in [5.74, 6) is -1.98. The van der Waals surface area contributed by atoms with Crippen molar-refractivity contribution in [3.05, 3.63) is 12.1 Å². The highest BCUT2D eigenvalue weighted by molar-refractivity contribution is 5.90. The van der Waals surface area contributed by atoms with Crippen molar-refractivity contribution in [2.45, 2.75) is 148 Å². The number of aliphatic hydroxyl groups excluding tert-OH is 3. The van der Waals surface area contributed by atoms with E-state index in [0.29, 0.717) is 48.9 Å². The van der Waals surface area contributed by atoms with Crippen molar-refractivity contribution < 1.29 is 63.5 Å². The molecule has 0 saturated carbocycles. The Hall–Kier alpha value is -2.96. The monoisotopic (exact) mass is 813 g/mol. The second-order valence-electron chi connectivity index (χ2n) is 16.8. The topological polar surface area (TPSA) is 218 Å². The van der Waals surface area contributed by atoms with Gasteiger partial charge in [-0.1, -0.05) is 27.7 Å². The van der Waals surface area contributed by atoms with Crippen LogP contribution in [-0.2, 0) is 19.0 Å². The predicted octanol–water partition coefficient (Wildman–Crippen LogP) is 3.29. The molecule has 0 bridgehead atoms. The second-order valence-corrected chi connectivity index (χ2v) is 16.8. The number of benzene rings is 1. The zero-order valence-electron chi connectivity index (χ0n) is 36.0. The van der Waals surface area contributed by atoms with E-state index in [0.717, 1.165) is 0 Å². The molecule has 328 valence electrons. The molecule has 2 aliphatic heterocycles. The highest BCUT2D eigenvalue weighted by atomic mass is 16.7. The molecular formula is C41H71N3O13. The minimum Gasteiger partial charge on any atom is -0.493 e. The van der Waals surface area contributed by atoms with Crippen LogP contribution < -0.4 is 24.8 Å². The standard InChI is InChI=1S/C41H71N3O13/c1-13-31-41(9,51)35(47)27(7)44(16-14-15-42-39(49)43-28-18-29(52-10)34(54-12)30(19-28)53-11)21-22(2)20-40(8,50)36(25(5)33(46)26(6)37(48)56-31)57-38-32(45)23(3)17-24(4)55-38/h18-19,22-27,31-33,35-36,38,45-47,50-51H,13-17,20-21H2,1-12H3,(H2,42,43,49)/t22-,23-,24+,25+,26-,27-,31-,32+,33+,35-,36-,38-,40-,41-/m1/s1. The normalized spacial score (nSPS) is 37.6. The Morgan fingerprint density at radius 3 is 2.14 bits per heavy atom. The fourth-order valence-corrected chi connectivity index (χ4v) is 8.47. The Bertz CT molecular complexity index is 1420. The summed E-state index contributed by atoms with van der Waals surface area (Å²) >= 11 is 0. The molecule has 0 aliphatic carbocycles. The molecular weight excluding hydrogens is 742 g/mol. The molecule has 14 atom stereocenters. The Kier molecular flexibility index (Phi) is 17.7. The van der Waals surface area contributed by atoms with Crippen LogP contribution in [0.25, 0.3) is 0 Å². The summed E-state index contributed by atoms with van der Waals surface area (Å²) in [6.45, 7) is 16.4. The summed E-state index contributed by atoms with van der Waals surface area (Å²) < 4.78 is 34.4. The van der Waals surface area contributed by atoms with Crippen LogP contribution in [0, 0.1) is 23.7 Å². The number of rotatable bonds is 11. The highest BCUT2D eigenvalue weighted by Gasteiger charge is 2.49. The number of hydrogen-bond acceptors (Lipinski definition) is 14. The number of cyclic esters (lactones) is 1. The SMILES string of the molecule is CC[C@H]1OC(=O)[C@H](C)[C@@H](O)[C@H](C)[C@@H](O[C@H]2O[C@@H](C)C[C@@H](C)[C@@H]2O)[C@](C)(O)C[C@@H](C)CN(CCCNC(=O)Nc2cc(OC)c(OC)c(OC)c2)[C@H](C)[C@@H](O)[C@]1(C)O. The fourth-order valence-electron chi connectivity index (χ4n) is 8.47. The number of anilines is 1. The third-order valence-corrected chi connectivity index (χ3v) is 11.8. The van der Waals surface area contributed by atoms with Gasteiger partial charge in [-0.05, 0) is 72.1 Å². The molecule has 16 heteroatoms. The molecule has 0 unspecified atom stereocenters. The summed E-state index contributed by atoms with van der Waals surface area (Å²) in [5, 5.41) is 64.1. The average Bonchev–Trinajstić information content (AvgIpc) is 3.15. The molecule has 7 N–H and O–H groups in total. The molecule has 16 nitrogen and oxygen atoms in total. The van der Waals surface area contributed by atoms with Gasteiger partial charge in [0.25, 0.3) is 0 Å². The van der Waals surface area contributed by atoms with Crippen molar-refractivity contribution in [2.75, 3.05) is 46.3 Å². The van der Waals surface area contributed by atoms with Gasteiger partial charge < -0.3 is 64.6 Å². The maximum atomic E-state index is 13.6. The average molecular weight is 814 g/mol. The van der Waals surface area contributed by atoms with Crippen LogP contribution in [0.4, 0.5) is 10.5 Å². The van der Waals surface area contributed by atoms with Crippen LogP contribution >= 0.6 is 0 Å². The predicted molar refractivity (Wildman–Crippen MR) is 213 cm³/mol. The molecule has 3 rings (SSSR count). The van der Waals surface area contributed by atoms with Crippen LogP contribution in [-0.4, -0.2) is 144 Å². The minimum absolute atomic E-state index is 0.144. The number of ether oxygens (including phenoxy) is 6. The number of aliphatic hydroxyl groups is 5. The van der Waals surface area contributed by atoms with Crippen molar-refractivity contribution in [2.24, 2.45) is 23.7 Å². The van der Waals surface area contributed by atoms with E-state index in [2.05, 4.69) is 10.6 Å². The van der Waals surface area contributed by atoms with Crippen LogP contribution in [0.5, 0.6) is 17.2 Å². The first kappa shape index (κ1) is 48.4. The van der Waals surface area contributed by atoms with Gasteiger partial charge in [-0.25, -0.2) is 4.79 Å². The highest BCUT2D eigenvalue weighted by Crippen LogP contribution is 2.40. The van der Waals surface area contributed by atoms with E-state index < -0.39 is 77.9 Å². The van der Waals surface area contributed by atoms with Gasteiger partial charge in [0.2, 0.25) is 5.75 Å². The van der Waals surface area contributed by atoms with Gasteiger partial charge in [-0.3, -0.25) is 9.69 Å². The zero-order chi connectivity index (χ0) is 43.0. The summed E-state index contributed by atoms with van der Waals surface area (Å²) in [5.41, 5.74) is -3.07. The third kappa shape index (κ3) is 12.1. The largest absolute Gasteiger partial charge is 0.493 e. The number of amides is 2. The third-order valence-electron chi connectivity index (χ3n) is 11.8. The molecule has 0 spiro atoms. The van der Waals surface area contributed by atoms with Crippen LogP contribution in [0.3, 0.4) is 0 Å². The van der Waals surface area contributed by atoms with Crippen LogP contribution in [0.15, 0.2) is 12.1 Å². The molecule has 0 radical (unpaired) electrons.